The molecule has 0 amide bonds. The van der Waals surface area contributed by atoms with E-state index in [1.165, 1.54) is 38.5 Å². The Morgan fingerprint density at radius 1 is 0.269 bits per heavy atom. The van der Waals surface area contributed by atoms with Gasteiger partial charge in [0.2, 0.25) is 0 Å². The van der Waals surface area contributed by atoms with E-state index in [9.17, 15) is 43.2 Å². The van der Waals surface area contributed by atoms with E-state index in [2.05, 4.69) is 204 Å². The molecule has 0 rings (SSSR count). The lowest BCUT2D eigenvalue weighted by atomic mass is 10.1. The number of phosphoric acid groups is 2. The van der Waals surface area contributed by atoms with E-state index in [1.54, 1.807) is 0 Å². The van der Waals surface area contributed by atoms with E-state index < -0.39 is 97.5 Å². The maximum atomic E-state index is 13.1. The van der Waals surface area contributed by atoms with Crippen LogP contribution in [0.3, 0.4) is 0 Å². The van der Waals surface area contributed by atoms with Crippen molar-refractivity contribution in [3.8, 4) is 0 Å². The highest BCUT2D eigenvalue weighted by molar-refractivity contribution is 7.47. The first-order valence-corrected chi connectivity index (χ1v) is 43.7. The SMILES string of the molecule is CC/C=C\C/C=C\C/C=C\C/C=C\C/C=C\C/C=C\CCC(=O)OCC(COP(=O)(O)OCC(O)COP(=O)(O)OCC(COC(=O)CCCC/C=C\C/C=C\C/C=C\C/C=C\CC)OC(=O)CCCCCCC/C=C\CCCCCCCC)OC(=O)CCCCC/C=C\C/C=C\C/C=C\C/C=C\C/C=C\CC. The zero-order valence-electron chi connectivity index (χ0n) is 66.7. The Morgan fingerprint density at radius 2 is 0.500 bits per heavy atom. The Morgan fingerprint density at radius 3 is 0.833 bits per heavy atom. The summed E-state index contributed by atoms with van der Waals surface area (Å²) in [5.74, 6) is -2.39. The fraction of sp³-hybridized carbons (Fsp3) is 0.596. The van der Waals surface area contributed by atoms with Crippen molar-refractivity contribution in [3.05, 3.63) is 194 Å². The number of hydrogen-bond acceptors (Lipinski definition) is 15. The van der Waals surface area contributed by atoms with Crippen molar-refractivity contribution in [1.29, 1.82) is 0 Å². The average molecular weight is 1550 g/mol. The standard InChI is InChI=1S/C89H142O17P2/c1-5-9-13-17-21-25-29-33-37-39-41-43-47-50-54-58-62-66-70-74-87(92)100-80-85(106-89(94)76-72-68-64-60-56-52-48-44-42-40-38-34-30-26-22-18-14-10-6-2)82-104-108(97,98)102-78-83(90)77-101-107(95,96)103-81-84(105-88(93)75-71-67-63-59-55-51-46-36-32-28-24-20-16-12-8-4)79-99-86(91)73-69-65-61-57-53-49-45-35-31-27-23-19-15-11-7-3/h9-11,13-15,21-23,25-27,33-38,41-46,50,52-54,56-57,62,66,83-85,90H,5-8,12,16-20,24,28-32,39-40,47-49,51,55,58-61,63-65,67-82H2,1-4H3,(H,95,96)(H,97,98)/b13-9-,14-10-,15-11-,25-21-,26-22-,27-23-,37-33-,38-34-,43-41-,44-42-,45-35-,46-36-,54-50-,56-52-,57-53-,66-62-. The van der Waals surface area contributed by atoms with Crippen LogP contribution in [0, 0.1) is 0 Å². The van der Waals surface area contributed by atoms with Crippen LogP contribution < -0.4 is 0 Å². The van der Waals surface area contributed by atoms with Crippen molar-refractivity contribution in [2.45, 2.75) is 303 Å². The van der Waals surface area contributed by atoms with E-state index in [1.807, 2.05) is 18.2 Å². The molecule has 0 saturated carbocycles. The second-order valence-corrected chi connectivity index (χ2v) is 29.1. The zero-order chi connectivity index (χ0) is 78.9. The molecule has 5 atom stereocenters. The molecule has 3 N–H and O–H groups in total. The Kier molecular flexibility index (Phi) is 74.5. The first-order chi connectivity index (χ1) is 52.7. The molecule has 610 valence electrons. The molecule has 108 heavy (non-hydrogen) atoms. The van der Waals surface area contributed by atoms with Gasteiger partial charge in [-0.1, -0.05) is 280 Å². The van der Waals surface area contributed by atoms with Gasteiger partial charge in [0.1, 0.15) is 19.3 Å². The number of unbranched alkanes of at least 4 members (excludes halogenated alkanes) is 16. The Labute approximate surface area is 653 Å². The fourth-order valence-corrected chi connectivity index (χ4v) is 11.5. The summed E-state index contributed by atoms with van der Waals surface area (Å²) in [6.07, 6.45) is 97.1. The number of carbonyl (C=O) groups is 4. The van der Waals surface area contributed by atoms with Crippen LogP contribution in [0.2, 0.25) is 0 Å². The predicted molar refractivity (Wildman–Crippen MR) is 445 cm³/mol. The second-order valence-electron chi connectivity index (χ2n) is 26.2. The lowest BCUT2D eigenvalue weighted by Crippen LogP contribution is -2.30. The summed E-state index contributed by atoms with van der Waals surface area (Å²) in [7, 11) is -10.0. The van der Waals surface area contributed by atoms with Gasteiger partial charge in [-0.3, -0.25) is 37.3 Å². The molecule has 0 fully saturated rings. The molecule has 19 heteroatoms. The molecule has 0 aliphatic rings. The molecule has 0 aromatic carbocycles. The first kappa shape index (κ1) is 102. The molecule has 5 unspecified atom stereocenters. The third kappa shape index (κ3) is 78.0. The summed E-state index contributed by atoms with van der Waals surface area (Å²) in [5.41, 5.74) is 0. The van der Waals surface area contributed by atoms with Crippen molar-refractivity contribution in [1.82, 2.24) is 0 Å². The van der Waals surface area contributed by atoms with Crippen LogP contribution in [0.1, 0.15) is 285 Å². The van der Waals surface area contributed by atoms with Crippen LogP contribution in [-0.2, 0) is 65.4 Å². The smallest absolute Gasteiger partial charge is 0.462 e. The molecule has 0 aromatic heterocycles. The first-order valence-electron chi connectivity index (χ1n) is 40.7. The second kappa shape index (κ2) is 79.0. The zero-order valence-corrected chi connectivity index (χ0v) is 68.5. The van der Waals surface area contributed by atoms with Gasteiger partial charge in [0, 0.05) is 25.7 Å². The molecule has 0 spiro atoms. The topological polar surface area (TPSA) is 237 Å². The van der Waals surface area contributed by atoms with Crippen molar-refractivity contribution < 1.29 is 80.2 Å². The monoisotopic (exact) mass is 1540 g/mol. The Bertz CT molecular complexity index is 2810. The van der Waals surface area contributed by atoms with E-state index in [0.29, 0.717) is 32.1 Å². The third-order valence-electron chi connectivity index (χ3n) is 16.0. The molecule has 0 aromatic rings. The quantitative estimate of drug-likeness (QED) is 0.0169. The van der Waals surface area contributed by atoms with E-state index in [-0.39, 0.29) is 25.7 Å². The number of allylic oxidation sites excluding steroid dienone is 32. The highest BCUT2D eigenvalue weighted by Gasteiger charge is 2.30. The minimum Gasteiger partial charge on any atom is -0.462 e. The highest BCUT2D eigenvalue weighted by atomic mass is 31.2. The van der Waals surface area contributed by atoms with E-state index in [4.69, 9.17) is 37.0 Å². The van der Waals surface area contributed by atoms with Crippen molar-refractivity contribution >= 4 is 39.5 Å². The fourth-order valence-electron chi connectivity index (χ4n) is 9.96. The van der Waals surface area contributed by atoms with Gasteiger partial charge in [0.15, 0.2) is 12.2 Å². The van der Waals surface area contributed by atoms with Crippen LogP contribution in [0.25, 0.3) is 0 Å². The highest BCUT2D eigenvalue weighted by Crippen LogP contribution is 2.45. The number of aliphatic hydroxyl groups excluding tert-OH is 1. The third-order valence-corrected chi connectivity index (χ3v) is 17.9. The number of phosphoric ester groups is 2. The molecule has 0 bridgehead atoms. The molecular weight excluding hydrogens is 1400 g/mol. The van der Waals surface area contributed by atoms with Gasteiger partial charge in [-0.25, -0.2) is 9.13 Å². The minimum atomic E-state index is -5.02. The largest absolute Gasteiger partial charge is 0.472 e. The van der Waals surface area contributed by atoms with Crippen LogP contribution in [0.4, 0.5) is 0 Å². The molecule has 17 nitrogen and oxygen atoms in total. The summed E-state index contributed by atoms with van der Waals surface area (Å²) in [6, 6.07) is 0. The predicted octanol–water partition coefficient (Wildman–Crippen LogP) is 24.1. The number of ether oxygens (including phenoxy) is 4. The van der Waals surface area contributed by atoms with Gasteiger partial charge in [-0.15, -0.1) is 0 Å². The number of aliphatic hydroxyl groups is 1. The van der Waals surface area contributed by atoms with Gasteiger partial charge in [0.05, 0.1) is 26.4 Å². The van der Waals surface area contributed by atoms with Crippen molar-refractivity contribution in [3.63, 3.8) is 0 Å². The molecule has 0 heterocycles. The van der Waals surface area contributed by atoms with Crippen LogP contribution >= 0.6 is 15.6 Å². The normalized spacial score (nSPS) is 14.8. The number of hydrogen-bond donors (Lipinski definition) is 3. The lowest BCUT2D eigenvalue weighted by Gasteiger charge is -2.21. The molecular formula is C89H142O17P2. The van der Waals surface area contributed by atoms with Crippen molar-refractivity contribution in [2.75, 3.05) is 39.6 Å². The van der Waals surface area contributed by atoms with E-state index >= 15 is 0 Å². The number of rotatable bonds is 74. The Hall–Kier alpha value is -6.10. The molecule has 0 aliphatic carbocycles. The summed E-state index contributed by atoms with van der Waals surface area (Å²) >= 11 is 0. The molecule has 0 aliphatic heterocycles. The number of esters is 4. The summed E-state index contributed by atoms with van der Waals surface area (Å²) in [5, 5.41) is 10.7. The summed E-state index contributed by atoms with van der Waals surface area (Å²) in [6.45, 7) is 4.33. The lowest BCUT2D eigenvalue weighted by molar-refractivity contribution is -0.161. The van der Waals surface area contributed by atoms with Crippen LogP contribution in [0.15, 0.2) is 194 Å². The van der Waals surface area contributed by atoms with Crippen molar-refractivity contribution in [2.24, 2.45) is 0 Å². The van der Waals surface area contributed by atoms with Crippen LogP contribution in [-0.4, -0.2) is 96.7 Å². The minimum absolute atomic E-state index is 0.0195. The van der Waals surface area contributed by atoms with Gasteiger partial charge < -0.3 is 33.8 Å². The molecule has 0 radical (unpaired) electrons. The maximum Gasteiger partial charge on any atom is 0.472 e. The summed E-state index contributed by atoms with van der Waals surface area (Å²) in [4.78, 5) is 73.1. The maximum absolute atomic E-state index is 13.1. The van der Waals surface area contributed by atoms with Crippen LogP contribution in [0.5, 0.6) is 0 Å². The van der Waals surface area contributed by atoms with Gasteiger partial charge in [-0.2, -0.15) is 0 Å². The summed E-state index contributed by atoms with van der Waals surface area (Å²) < 4.78 is 68.5. The molecule has 0 saturated heterocycles. The van der Waals surface area contributed by atoms with Gasteiger partial charge >= 0.3 is 39.5 Å². The van der Waals surface area contributed by atoms with Gasteiger partial charge in [-0.05, 0) is 173 Å². The van der Waals surface area contributed by atoms with Gasteiger partial charge in [0.25, 0.3) is 0 Å². The average Bonchev–Trinajstić information content (AvgIpc) is 0.896. The Balaban J connectivity index is 5.54. The van der Waals surface area contributed by atoms with E-state index in [0.717, 1.165) is 161 Å². The number of carbonyl (C=O) groups excluding carboxylic acids is 4.